The Kier molecular flexibility index (Phi) is 61.5. The van der Waals surface area contributed by atoms with E-state index in [4.69, 9.17) is 13.8 Å². The summed E-state index contributed by atoms with van der Waals surface area (Å²) in [6, 6.07) is -0.907. The predicted octanol–water partition coefficient (Wildman–Crippen LogP) is 22.1. The smallest absolute Gasteiger partial charge is 0.306 e. The Hall–Kier alpha value is -2.55. The molecule has 10 heteroatoms. The zero-order chi connectivity index (χ0) is 61.4. The van der Waals surface area contributed by atoms with E-state index < -0.39 is 26.6 Å². The maximum absolute atomic E-state index is 13.6. The van der Waals surface area contributed by atoms with Gasteiger partial charge in [-0.05, 0) is 102 Å². The summed E-state index contributed by atoms with van der Waals surface area (Å²) in [7, 11) is 1.17. The number of phosphoric ester groups is 1. The number of allylic oxidation sites excluding steroid dienone is 11. The molecule has 3 unspecified atom stereocenters. The van der Waals surface area contributed by atoms with Crippen molar-refractivity contribution in [2.45, 2.75) is 348 Å². The summed E-state index contributed by atoms with van der Waals surface area (Å²) in [5.74, 6) is -0.567. The van der Waals surface area contributed by atoms with E-state index in [9.17, 15) is 19.0 Å². The minimum absolute atomic E-state index is 0.0297. The summed E-state index contributed by atoms with van der Waals surface area (Å²) in [4.78, 5) is 40.1. The molecular formula is C74H137N2O7P. The molecule has 0 saturated carbocycles. The van der Waals surface area contributed by atoms with E-state index in [-0.39, 0.29) is 31.3 Å². The minimum Gasteiger partial charge on any atom is -0.756 e. The summed E-state index contributed by atoms with van der Waals surface area (Å²) in [6.45, 7) is 6.82. The van der Waals surface area contributed by atoms with Crippen molar-refractivity contribution in [1.82, 2.24) is 5.32 Å². The Labute approximate surface area is 521 Å². The maximum atomic E-state index is 13.6. The quantitative estimate of drug-likeness (QED) is 0.0212. The third-order valence-corrected chi connectivity index (χ3v) is 16.8. The molecule has 1 amide bonds. The van der Waals surface area contributed by atoms with E-state index in [2.05, 4.69) is 86.8 Å². The second-order valence-electron chi connectivity index (χ2n) is 25.4. The number of rotatable bonds is 65. The zero-order valence-corrected chi connectivity index (χ0v) is 57.0. The normalized spacial score (nSPS) is 13.9. The van der Waals surface area contributed by atoms with Crippen LogP contribution in [0.1, 0.15) is 335 Å². The van der Waals surface area contributed by atoms with Crippen LogP contribution >= 0.6 is 7.82 Å². The molecule has 0 aromatic heterocycles. The lowest BCUT2D eigenvalue weighted by molar-refractivity contribution is -0.870. The molecule has 0 aliphatic heterocycles. The van der Waals surface area contributed by atoms with Crippen molar-refractivity contribution in [1.29, 1.82) is 0 Å². The first kappa shape index (κ1) is 81.5. The molecule has 0 rings (SSSR count). The SMILES string of the molecule is CCCCC/C=C\C/C=C\C/C=C\C/C=C\CCCCCC(=O)NC(COP(=O)([O-])OCC[N+](C)(C)C)C(/C=C\CCCCCCCCCCCC)OC(=O)CCCCCCCCCCCCCCCCCCC/C=C/CCCCCCCC. The Morgan fingerprint density at radius 3 is 1.13 bits per heavy atom. The molecule has 0 bridgehead atoms. The third-order valence-electron chi connectivity index (χ3n) is 15.9. The van der Waals surface area contributed by atoms with Crippen LogP contribution in [0.3, 0.4) is 0 Å². The van der Waals surface area contributed by atoms with Gasteiger partial charge in [0.05, 0.1) is 33.8 Å². The average molecular weight is 1200 g/mol. The van der Waals surface area contributed by atoms with Crippen LogP contribution in [0.2, 0.25) is 0 Å². The number of nitrogens with zero attached hydrogens (tertiary/aromatic N) is 1. The van der Waals surface area contributed by atoms with Gasteiger partial charge in [-0.15, -0.1) is 0 Å². The van der Waals surface area contributed by atoms with Crippen molar-refractivity contribution in [3.8, 4) is 0 Å². The largest absolute Gasteiger partial charge is 0.756 e. The summed E-state index contributed by atoms with van der Waals surface area (Å²) >= 11 is 0. The lowest BCUT2D eigenvalue weighted by atomic mass is 10.0. The number of esters is 1. The fourth-order valence-electron chi connectivity index (χ4n) is 10.3. The van der Waals surface area contributed by atoms with Gasteiger partial charge in [0.15, 0.2) is 0 Å². The van der Waals surface area contributed by atoms with Crippen LogP contribution in [0.25, 0.3) is 0 Å². The van der Waals surface area contributed by atoms with Gasteiger partial charge >= 0.3 is 5.97 Å². The molecule has 0 spiro atoms. The number of likely N-dealkylation sites (N-methyl/N-ethyl adjacent to an activating group) is 1. The molecule has 0 fully saturated rings. The van der Waals surface area contributed by atoms with Crippen LogP contribution in [0.5, 0.6) is 0 Å². The lowest BCUT2D eigenvalue weighted by Crippen LogP contribution is -2.47. The summed E-state index contributed by atoms with van der Waals surface area (Å²) < 4.78 is 30.4. The van der Waals surface area contributed by atoms with Gasteiger partial charge in [0.25, 0.3) is 7.82 Å². The standard InChI is InChI=1S/C74H137N2O7P/c1-7-10-13-16-19-22-25-28-30-32-34-35-36-37-38-39-40-41-43-45-47-49-52-55-58-61-64-67-74(78)83-72(65-62-59-56-53-50-27-24-21-18-15-12-9-3)71(70-82-84(79,80)81-69-68-76(4,5)6)75-73(77)66-63-60-57-54-51-48-46-44-42-33-31-29-26-23-20-17-14-11-8-2/h20,23,28-31,42,44,48,51,62,65,71-72H,7-19,21-22,24-27,32-41,43,45-47,49-50,52-61,63-64,66-70H2,1-6H3,(H-,75,77,79,80)/b23-20-,30-28+,31-29-,44-42-,51-48-,65-62-. The fraction of sp³-hybridized carbons (Fsp3) is 0.811. The molecule has 490 valence electrons. The van der Waals surface area contributed by atoms with Gasteiger partial charge in [0, 0.05) is 12.8 Å². The molecular weight excluding hydrogens is 1060 g/mol. The van der Waals surface area contributed by atoms with E-state index in [0.717, 1.165) is 77.0 Å². The first-order valence-electron chi connectivity index (χ1n) is 35.7. The number of carbonyl (C=O) groups is 2. The van der Waals surface area contributed by atoms with Crippen LogP contribution in [-0.4, -0.2) is 69.4 Å². The molecule has 0 aliphatic rings. The Balaban J connectivity index is 5.05. The number of carbonyl (C=O) groups excluding carboxylic acids is 2. The van der Waals surface area contributed by atoms with Crippen molar-refractivity contribution in [3.05, 3.63) is 72.9 Å². The van der Waals surface area contributed by atoms with Gasteiger partial charge in [0.2, 0.25) is 5.91 Å². The monoisotopic (exact) mass is 1200 g/mol. The molecule has 0 heterocycles. The molecule has 1 N–H and O–H groups in total. The molecule has 0 saturated heterocycles. The molecule has 0 aromatic rings. The number of unbranched alkanes of at least 4 members (excludes halogenated alkanes) is 39. The van der Waals surface area contributed by atoms with Crippen LogP contribution in [0.4, 0.5) is 0 Å². The number of quaternary nitrogens is 1. The van der Waals surface area contributed by atoms with Crippen LogP contribution in [0.15, 0.2) is 72.9 Å². The molecule has 0 aliphatic carbocycles. The third kappa shape index (κ3) is 63.9. The number of hydrogen-bond acceptors (Lipinski definition) is 7. The highest BCUT2D eigenvalue weighted by Crippen LogP contribution is 2.38. The van der Waals surface area contributed by atoms with Crippen molar-refractivity contribution >= 4 is 19.7 Å². The minimum atomic E-state index is -4.71. The van der Waals surface area contributed by atoms with E-state index in [1.807, 2.05) is 33.3 Å². The van der Waals surface area contributed by atoms with Gasteiger partial charge in [-0.2, -0.15) is 0 Å². The first-order valence-corrected chi connectivity index (χ1v) is 37.2. The van der Waals surface area contributed by atoms with Crippen LogP contribution < -0.4 is 10.2 Å². The highest BCUT2D eigenvalue weighted by atomic mass is 31.2. The second-order valence-corrected chi connectivity index (χ2v) is 26.8. The van der Waals surface area contributed by atoms with Crippen molar-refractivity contribution in [3.63, 3.8) is 0 Å². The van der Waals surface area contributed by atoms with Crippen molar-refractivity contribution < 1.29 is 37.3 Å². The summed E-state index contributed by atoms with van der Waals surface area (Å²) in [6.07, 6.45) is 83.2. The van der Waals surface area contributed by atoms with Gasteiger partial charge < -0.3 is 28.5 Å². The van der Waals surface area contributed by atoms with Gasteiger partial charge in [-0.3, -0.25) is 14.2 Å². The zero-order valence-electron chi connectivity index (χ0n) is 56.1. The second kappa shape index (κ2) is 63.5. The van der Waals surface area contributed by atoms with Gasteiger partial charge in [-0.25, -0.2) is 0 Å². The maximum Gasteiger partial charge on any atom is 0.306 e. The first-order chi connectivity index (χ1) is 40.9. The molecule has 3 atom stereocenters. The van der Waals surface area contributed by atoms with Crippen LogP contribution in [-0.2, 0) is 27.9 Å². The molecule has 84 heavy (non-hydrogen) atoms. The van der Waals surface area contributed by atoms with E-state index >= 15 is 0 Å². The Bertz CT molecular complexity index is 1670. The average Bonchev–Trinajstić information content (AvgIpc) is 3.64. The van der Waals surface area contributed by atoms with Gasteiger partial charge in [0.1, 0.15) is 19.3 Å². The molecule has 9 nitrogen and oxygen atoms in total. The number of ether oxygens (including phenoxy) is 1. The van der Waals surface area contributed by atoms with Crippen molar-refractivity contribution in [2.24, 2.45) is 0 Å². The van der Waals surface area contributed by atoms with Gasteiger partial charge in [-0.1, -0.05) is 293 Å². The van der Waals surface area contributed by atoms with E-state index in [1.54, 1.807) is 0 Å². The number of hydrogen-bond donors (Lipinski definition) is 1. The Morgan fingerprint density at radius 2 is 0.726 bits per heavy atom. The number of amides is 1. The summed E-state index contributed by atoms with van der Waals surface area (Å²) in [5, 5.41) is 3.02. The highest BCUT2D eigenvalue weighted by Gasteiger charge is 2.27. The number of nitrogens with one attached hydrogen (secondary N) is 1. The fourth-order valence-corrected chi connectivity index (χ4v) is 11.0. The number of phosphoric acid groups is 1. The molecule has 0 radical (unpaired) electrons. The molecule has 0 aromatic carbocycles. The van der Waals surface area contributed by atoms with E-state index in [1.165, 1.54) is 218 Å². The topological polar surface area (TPSA) is 114 Å². The Morgan fingerprint density at radius 1 is 0.417 bits per heavy atom. The van der Waals surface area contributed by atoms with E-state index in [0.29, 0.717) is 17.4 Å². The highest BCUT2D eigenvalue weighted by molar-refractivity contribution is 7.45. The summed E-state index contributed by atoms with van der Waals surface area (Å²) in [5.41, 5.74) is 0. The lowest BCUT2D eigenvalue weighted by Gasteiger charge is -2.30. The van der Waals surface area contributed by atoms with Crippen LogP contribution in [0, 0.1) is 0 Å². The van der Waals surface area contributed by atoms with Crippen molar-refractivity contribution in [2.75, 3.05) is 40.9 Å². The predicted molar refractivity (Wildman–Crippen MR) is 362 cm³/mol.